The summed E-state index contributed by atoms with van der Waals surface area (Å²) >= 11 is 0. The maximum Gasteiger partial charge on any atom is 0.340 e. The molecule has 1 aliphatic rings. The molecule has 1 heterocycles. The summed E-state index contributed by atoms with van der Waals surface area (Å²) in [6.07, 6.45) is 2.37. The summed E-state index contributed by atoms with van der Waals surface area (Å²) in [5.74, 6) is -0.280. The topological polar surface area (TPSA) is 55.8 Å². The molecule has 1 unspecified atom stereocenters. The number of rotatable bonds is 2. The van der Waals surface area contributed by atoms with E-state index in [9.17, 15) is 4.79 Å². The smallest absolute Gasteiger partial charge is 0.340 e. The molecule has 1 atom stereocenters. The molecule has 1 fully saturated rings. The maximum absolute atomic E-state index is 11.6. The van der Waals surface area contributed by atoms with Crippen molar-refractivity contribution < 1.29 is 19.4 Å². The summed E-state index contributed by atoms with van der Waals surface area (Å²) in [6, 6.07) is 5.97. The first-order valence-electron chi connectivity index (χ1n) is 5.37. The van der Waals surface area contributed by atoms with Gasteiger partial charge in [-0.2, -0.15) is 0 Å². The molecule has 0 spiro atoms. The van der Waals surface area contributed by atoms with Gasteiger partial charge in [0, 0.05) is 6.42 Å². The Balaban J connectivity index is 1.94. The summed E-state index contributed by atoms with van der Waals surface area (Å²) < 4.78 is 10.5. The van der Waals surface area contributed by atoms with E-state index in [0.717, 1.165) is 19.3 Å². The lowest BCUT2D eigenvalue weighted by Gasteiger charge is -2.22. The fourth-order valence-electron chi connectivity index (χ4n) is 1.59. The van der Waals surface area contributed by atoms with Crippen molar-refractivity contribution in [1.29, 1.82) is 0 Å². The third kappa shape index (κ3) is 2.73. The first kappa shape index (κ1) is 11.0. The Bertz CT molecular complexity index is 352. The van der Waals surface area contributed by atoms with E-state index >= 15 is 0 Å². The Labute approximate surface area is 93.8 Å². The van der Waals surface area contributed by atoms with Crippen molar-refractivity contribution in [2.75, 3.05) is 6.61 Å². The summed E-state index contributed by atoms with van der Waals surface area (Å²) in [7, 11) is 0. The number of ether oxygens (including phenoxy) is 2. The van der Waals surface area contributed by atoms with Crippen LogP contribution in [0.1, 0.15) is 29.6 Å². The standard InChI is InChI=1S/C12H14O4/c13-10-6-4-9(5-7-10)12(14)16-11-3-1-2-8-15-11/h4-7,11,13H,1-3,8H2. The monoisotopic (exact) mass is 222 g/mol. The van der Waals surface area contributed by atoms with Gasteiger partial charge in [0.1, 0.15) is 5.75 Å². The molecule has 16 heavy (non-hydrogen) atoms. The molecule has 0 amide bonds. The van der Waals surface area contributed by atoms with Gasteiger partial charge in [-0.05, 0) is 37.1 Å². The van der Waals surface area contributed by atoms with E-state index in [4.69, 9.17) is 14.6 Å². The Kier molecular flexibility index (Phi) is 3.41. The zero-order chi connectivity index (χ0) is 11.4. The van der Waals surface area contributed by atoms with Crippen LogP contribution in [0.3, 0.4) is 0 Å². The normalized spacial score (nSPS) is 20.4. The summed E-state index contributed by atoms with van der Waals surface area (Å²) in [4.78, 5) is 11.6. The minimum absolute atomic E-state index is 0.130. The minimum Gasteiger partial charge on any atom is -0.508 e. The highest BCUT2D eigenvalue weighted by Gasteiger charge is 2.18. The molecule has 2 rings (SSSR count). The fraction of sp³-hybridized carbons (Fsp3) is 0.417. The number of benzene rings is 1. The van der Waals surface area contributed by atoms with Crippen molar-refractivity contribution in [3.63, 3.8) is 0 Å². The molecular formula is C12H14O4. The van der Waals surface area contributed by atoms with Crippen molar-refractivity contribution in [1.82, 2.24) is 0 Å². The van der Waals surface area contributed by atoms with Crippen LogP contribution in [-0.4, -0.2) is 24.0 Å². The molecule has 1 aromatic rings. The van der Waals surface area contributed by atoms with Crippen LogP contribution in [0.25, 0.3) is 0 Å². The number of carbonyl (C=O) groups is 1. The van der Waals surface area contributed by atoms with Gasteiger partial charge in [0.2, 0.25) is 6.29 Å². The summed E-state index contributed by atoms with van der Waals surface area (Å²) in [5, 5.41) is 9.08. The number of aromatic hydroxyl groups is 1. The second-order valence-corrected chi connectivity index (χ2v) is 3.75. The Morgan fingerprint density at radius 3 is 2.69 bits per heavy atom. The molecule has 0 aromatic heterocycles. The van der Waals surface area contributed by atoms with E-state index in [1.54, 1.807) is 0 Å². The van der Waals surface area contributed by atoms with Gasteiger partial charge in [0.25, 0.3) is 0 Å². The number of carbonyl (C=O) groups excluding carboxylic acids is 1. The van der Waals surface area contributed by atoms with Crippen molar-refractivity contribution in [2.45, 2.75) is 25.6 Å². The number of esters is 1. The number of hydrogen-bond donors (Lipinski definition) is 1. The second kappa shape index (κ2) is 4.99. The Morgan fingerprint density at radius 2 is 2.06 bits per heavy atom. The Morgan fingerprint density at radius 1 is 1.31 bits per heavy atom. The molecule has 4 heteroatoms. The van der Waals surface area contributed by atoms with Crippen LogP contribution < -0.4 is 0 Å². The van der Waals surface area contributed by atoms with Gasteiger partial charge in [0.15, 0.2) is 0 Å². The molecule has 4 nitrogen and oxygen atoms in total. The van der Waals surface area contributed by atoms with E-state index in [2.05, 4.69) is 0 Å². The maximum atomic E-state index is 11.6. The molecule has 0 saturated carbocycles. The molecule has 1 aromatic carbocycles. The lowest BCUT2D eigenvalue weighted by molar-refractivity contribution is -0.130. The molecule has 0 bridgehead atoms. The molecule has 0 aliphatic carbocycles. The van der Waals surface area contributed by atoms with Gasteiger partial charge in [-0.1, -0.05) is 0 Å². The summed E-state index contributed by atoms with van der Waals surface area (Å²) in [5.41, 5.74) is 0.423. The van der Waals surface area contributed by atoms with Gasteiger partial charge < -0.3 is 14.6 Å². The second-order valence-electron chi connectivity index (χ2n) is 3.75. The van der Waals surface area contributed by atoms with Gasteiger partial charge in [-0.15, -0.1) is 0 Å². The quantitative estimate of drug-likeness (QED) is 0.778. The van der Waals surface area contributed by atoms with Gasteiger partial charge in [0.05, 0.1) is 12.2 Å². The van der Waals surface area contributed by atoms with Crippen molar-refractivity contribution in [2.24, 2.45) is 0 Å². The van der Waals surface area contributed by atoms with E-state index in [1.807, 2.05) is 0 Å². The summed E-state index contributed by atoms with van der Waals surface area (Å²) in [6.45, 7) is 0.646. The van der Waals surface area contributed by atoms with Crippen LogP contribution in [0, 0.1) is 0 Å². The Hall–Kier alpha value is -1.55. The molecule has 86 valence electrons. The predicted octanol–water partition coefficient (Wildman–Crippen LogP) is 2.08. The zero-order valence-electron chi connectivity index (χ0n) is 8.89. The van der Waals surface area contributed by atoms with Crippen LogP contribution >= 0.6 is 0 Å². The average Bonchev–Trinajstić information content (AvgIpc) is 2.31. The SMILES string of the molecule is O=C(OC1CCCCO1)c1ccc(O)cc1. The highest BCUT2D eigenvalue weighted by atomic mass is 16.7. The highest BCUT2D eigenvalue weighted by molar-refractivity contribution is 5.89. The predicted molar refractivity (Wildman–Crippen MR) is 57.1 cm³/mol. The molecule has 1 N–H and O–H groups in total. The van der Waals surface area contributed by atoms with E-state index in [0.29, 0.717) is 12.2 Å². The van der Waals surface area contributed by atoms with Gasteiger partial charge in [-0.3, -0.25) is 0 Å². The third-order valence-electron chi connectivity index (χ3n) is 2.48. The van der Waals surface area contributed by atoms with Crippen LogP contribution in [0.2, 0.25) is 0 Å². The number of phenols is 1. The third-order valence-corrected chi connectivity index (χ3v) is 2.48. The largest absolute Gasteiger partial charge is 0.508 e. The number of phenolic OH excluding ortho intramolecular Hbond substituents is 1. The van der Waals surface area contributed by atoms with E-state index in [1.165, 1.54) is 24.3 Å². The van der Waals surface area contributed by atoms with E-state index < -0.39 is 12.3 Å². The lowest BCUT2D eigenvalue weighted by atomic mass is 10.2. The fourth-order valence-corrected chi connectivity index (χ4v) is 1.59. The highest BCUT2D eigenvalue weighted by Crippen LogP contribution is 2.16. The number of hydrogen-bond acceptors (Lipinski definition) is 4. The van der Waals surface area contributed by atoms with Gasteiger partial charge in [-0.25, -0.2) is 4.79 Å². The zero-order valence-corrected chi connectivity index (χ0v) is 8.89. The molecule has 1 saturated heterocycles. The van der Waals surface area contributed by atoms with Crippen LogP contribution in [-0.2, 0) is 9.47 Å². The van der Waals surface area contributed by atoms with Crippen molar-refractivity contribution in [3.05, 3.63) is 29.8 Å². The average molecular weight is 222 g/mol. The van der Waals surface area contributed by atoms with Crippen LogP contribution in [0.5, 0.6) is 5.75 Å². The van der Waals surface area contributed by atoms with Crippen LogP contribution in [0.15, 0.2) is 24.3 Å². The molecule has 1 aliphatic heterocycles. The van der Waals surface area contributed by atoms with Crippen LogP contribution in [0.4, 0.5) is 0 Å². The van der Waals surface area contributed by atoms with Gasteiger partial charge >= 0.3 is 5.97 Å². The molecular weight excluding hydrogens is 208 g/mol. The first-order chi connectivity index (χ1) is 7.75. The first-order valence-corrected chi connectivity index (χ1v) is 5.37. The minimum atomic E-state index is -0.421. The lowest BCUT2D eigenvalue weighted by Crippen LogP contribution is -2.25. The molecule has 0 radical (unpaired) electrons. The van der Waals surface area contributed by atoms with Crippen molar-refractivity contribution >= 4 is 5.97 Å². The van der Waals surface area contributed by atoms with Crippen molar-refractivity contribution in [3.8, 4) is 5.75 Å². The van der Waals surface area contributed by atoms with E-state index in [-0.39, 0.29) is 5.75 Å².